The van der Waals surface area contributed by atoms with Gasteiger partial charge in [0.25, 0.3) is 0 Å². The highest BCUT2D eigenvalue weighted by molar-refractivity contribution is 6.14. The normalized spacial score (nSPS) is 65.9. The molecule has 2 radical (unpaired) electrons. The third-order valence-electron chi connectivity index (χ3n) is 4.54. The maximum atomic E-state index is 6.14. The molecule has 0 N–H and O–H groups in total. The van der Waals surface area contributed by atoms with Crippen molar-refractivity contribution >= 4 is 7.85 Å². The van der Waals surface area contributed by atoms with Gasteiger partial charge in [0.15, 0.2) is 0 Å². The van der Waals surface area contributed by atoms with Crippen molar-refractivity contribution in [3.8, 4) is 0 Å². The topological polar surface area (TPSA) is 0 Å². The average Bonchev–Trinajstić information content (AvgIpc) is 2.43. The molecule has 4 unspecified atom stereocenters. The van der Waals surface area contributed by atoms with Gasteiger partial charge in [-0.05, 0) is 36.5 Å². The molecule has 0 aromatic heterocycles. The van der Waals surface area contributed by atoms with Crippen LogP contribution < -0.4 is 0 Å². The highest BCUT2D eigenvalue weighted by atomic mass is 14.7. The van der Waals surface area contributed by atoms with Crippen LogP contribution in [0.3, 0.4) is 0 Å². The van der Waals surface area contributed by atoms with E-state index in [0.717, 1.165) is 17.3 Å². The molecule has 1 heteroatoms. The Hall–Kier alpha value is 0.0649. The van der Waals surface area contributed by atoms with Crippen molar-refractivity contribution in [2.24, 2.45) is 17.3 Å². The minimum atomic E-state index is 0.184. The van der Waals surface area contributed by atoms with E-state index in [-0.39, 0.29) is 5.31 Å². The summed E-state index contributed by atoms with van der Waals surface area (Å²) in [5.74, 6) is 2.17. The number of hydrogen-bond donors (Lipinski definition) is 0. The Morgan fingerprint density at radius 2 is 1.91 bits per heavy atom. The van der Waals surface area contributed by atoms with Crippen LogP contribution in [0.2, 0.25) is 5.31 Å². The van der Waals surface area contributed by atoms with E-state index in [2.05, 4.69) is 6.92 Å². The summed E-state index contributed by atoms with van der Waals surface area (Å²) in [5.41, 5.74) is 0.860. The molecule has 0 bridgehead atoms. The van der Waals surface area contributed by atoms with E-state index in [9.17, 15) is 0 Å². The van der Waals surface area contributed by atoms with E-state index in [0.29, 0.717) is 0 Å². The van der Waals surface area contributed by atoms with E-state index in [1.165, 1.54) is 25.7 Å². The Bertz CT molecular complexity index is 209. The third kappa shape index (κ3) is 0.678. The lowest BCUT2D eigenvalue weighted by atomic mass is 9.51. The maximum absolute atomic E-state index is 6.14. The average molecular weight is 146 g/mol. The molecular weight excluding hydrogens is 131 g/mol. The van der Waals surface area contributed by atoms with Gasteiger partial charge in [0, 0.05) is 0 Å². The van der Waals surface area contributed by atoms with Crippen LogP contribution in [-0.2, 0) is 0 Å². The largest absolute Gasteiger partial charge is 0.0742 e. The van der Waals surface area contributed by atoms with Crippen molar-refractivity contribution in [2.75, 3.05) is 0 Å². The summed E-state index contributed by atoms with van der Waals surface area (Å²) in [6, 6.07) is 0. The van der Waals surface area contributed by atoms with Gasteiger partial charge in [-0.15, -0.1) is 0 Å². The zero-order chi connectivity index (χ0) is 7.69. The minimum absolute atomic E-state index is 0.184. The van der Waals surface area contributed by atoms with Crippen molar-refractivity contribution in [2.45, 2.75) is 44.3 Å². The van der Waals surface area contributed by atoms with Crippen LogP contribution in [0.25, 0.3) is 0 Å². The second-order valence-electron chi connectivity index (χ2n) is 5.42. The summed E-state index contributed by atoms with van der Waals surface area (Å²) in [4.78, 5) is 0. The summed E-state index contributed by atoms with van der Waals surface area (Å²) in [7, 11) is 6.14. The van der Waals surface area contributed by atoms with Crippen molar-refractivity contribution in [3.05, 3.63) is 0 Å². The Labute approximate surface area is 70.2 Å². The fourth-order valence-corrected chi connectivity index (χ4v) is 3.62. The first-order valence-corrected chi connectivity index (χ1v) is 4.91. The summed E-state index contributed by atoms with van der Waals surface area (Å²) in [5, 5.41) is 0.184. The highest BCUT2D eigenvalue weighted by Gasteiger charge is 2.68. The van der Waals surface area contributed by atoms with Gasteiger partial charge in [-0.25, -0.2) is 0 Å². The maximum Gasteiger partial charge on any atom is 0.0742 e. The van der Waals surface area contributed by atoms with Crippen molar-refractivity contribution in [3.63, 3.8) is 0 Å². The lowest BCUT2D eigenvalue weighted by Gasteiger charge is -2.48. The zero-order valence-corrected chi connectivity index (χ0v) is 7.27. The molecule has 4 atom stereocenters. The van der Waals surface area contributed by atoms with Crippen molar-refractivity contribution in [1.29, 1.82) is 0 Å². The molecule has 0 saturated heterocycles. The minimum Gasteiger partial charge on any atom is -0.0685 e. The SMILES string of the molecule is [B]C1(C)CCC23CC2CC3C1. The monoisotopic (exact) mass is 146 g/mol. The van der Waals surface area contributed by atoms with Crippen molar-refractivity contribution < 1.29 is 0 Å². The molecule has 11 heavy (non-hydrogen) atoms. The lowest BCUT2D eigenvalue weighted by Crippen LogP contribution is -2.36. The van der Waals surface area contributed by atoms with Crippen molar-refractivity contribution in [1.82, 2.24) is 0 Å². The fraction of sp³-hybridized carbons (Fsp3) is 1.00. The first-order chi connectivity index (χ1) is 5.12. The van der Waals surface area contributed by atoms with Gasteiger partial charge in [-0.3, -0.25) is 0 Å². The molecule has 3 saturated carbocycles. The molecule has 0 aromatic rings. The van der Waals surface area contributed by atoms with E-state index in [1.807, 2.05) is 0 Å². The zero-order valence-electron chi connectivity index (χ0n) is 7.27. The van der Waals surface area contributed by atoms with Crippen LogP contribution >= 0.6 is 0 Å². The standard InChI is InChI=1S/C10H15B/c1-9(11)2-3-10-6-8(10)4-7(10)5-9/h7-8H,2-6H2,1H3. The Morgan fingerprint density at radius 3 is 2.45 bits per heavy atom. The Morgan fingerprint density at radius 1 is 1.18 bits per heavy atom. The van der Waals surface area contributed by atoms with Crippen LogP contribution in [-0.4, -0.2) is 7.85 Å². The summed E-state index contributed by atoms with van der Waals surface area (Å²) >= 11 is 0. The van der Waals surface area contributed by atoms with Gasteiger partial charge in [-0.1, -0.05) is 25.1 Å². The second kappa shape index (κ2) is 1.55. The van der Waals surface area contributed by atoms with Crippen LogP contribution in [0.15, 0.2) is 0 Å². The summed E-state index contributed by atoms with van der Waals surface area (Å²) in [6.07, 6.45) is 7.08. The molecule has 0 aromatic carbocycles. The summed E-state index contributed by atoms with van der Waals surface area (Å²) in [6.45, 7) is 2.23. The molecule has 3 rings (SSSR count). The second-order valence-corrected chi connectivity index (χ2v) is 5.42. The highest BCUT2D eigenvalue weighted by Crippen LogP contribution is 2.78. The van der Waals surface area contributed by atoms with Gasteiger partial charge in [0.05, 0.1) is 7.85 Å². The quantitative estimate of drug-likeness (QED) is 0.460. The molecule has 1 spiro atoms. The third-order valence-corrected chi connectivity index (χ3v) is 4.54. The van der Waals surface area contributed by atoms with E-state index in [4.69, 9.17) is 7.85 Å². The fourth-order valence-electron chi connectivity index (χ4n) is 3.62. The van der Waals surface area contributed by atoms with Crippen LogP contribution in [0.5, 0.6) is 0 Å². The molecule has 0 heterocycles. The molecular formula is C10H15B. The molecule has 0 nitrogen and oxygen atoms in total. The lowest BCUT2D eigenvalue weighted by molar-refractivity contribution is 0.0747. The van der Waals surface area contributed by atoms with Crippen LogP contribution in [0.1, 0.15) is 39.0 Å². The number of rotatable bonds is 0. The first-order valence-electron chi connectivity index (χ1n) is 4.91. The Balaban J connectivity index is 1.81. The van der Waals surface area contributed by atoms with Crippen LogP contribution in [0.4, 0.5) is 0 Å². The van der Waals surface area contributed by atoms with E-state index in [1.54, 1.807) is 6.42 Å². The van der Waals surface area contributed by atoms with E-state index >= 15 is 0 Å². The first kappa shape index (κ1) is 6.57. The molecule has 0 amide bonds. The van der Waals surface area contributed by atoms with Gasteiger partial charge in [-0.2, -0.15) is 0 Å². The Kier molecular flexibility index (Phi) is 0.928. The molecule has 3 aliphatic carbocycles. The molecule has 0 aliphatic heterocycles. The van der Waals surface area contributed by atoms with Gasteiger partial charge in [0.1, 0.15) is 0 Å². The predicted molar refractivity (Wildman–Crippen MR) is 46.6 cm³/mol. The summed E-state index contributed by atoms with van der Waals surface area (Å²) < 4.78 is 0. The predicted octanol–water partition coefficient (Wildman–Crippen LogP) is 2.54. The van der Waals surface area contributed by atoms with Gasteiger partial charge in [0.2, 0.25) is 0 Å². The smallest absolute Gasteiger partial charge is 0.0685 e. The van der Waals surface area contributed by atoms with Gasteiger partial charge >= 0.3 is 0 Å². The van der Waals surface area contributed by atoms with Gasteiger partial charge < -0.3 is 0 Å². The molecule has 58 valence electrons. The molecule has 3 aliphatic rings. The molecule has 3 fully saturated rings. The van der Waals surface area contributed by atoms with Crippen LogP contribution in [0, 0.1) is 17.3 Å². The van der Waals surface area contributed by atoms with E-state index < -0.39 is 0 Å². The number of hydrogen-bond acceptors (Lipinski definition) is 0.